The van der Waals surface area contributed by atoms with Gasteiger partial charge in [-0.15, -0.1) is 24.0 Å². The lowest BCUT2D eigenvalue weighted by molar-refractivity contribution is -0.157. The summed E-state index contributed by atoms with van der Waals surface area (Å²) >= 11 is 0. The molecule has 0 spiro atoms. The van der Waals surface area contributed by atoms with Crippen molar-refractivity contribution in [2.75, 3.05) is 34.2 Å². The van der Waals surface area contributed by atoms with E-state index in [0.29, 0.717) is 17.4 Å². The van der Waals surface area contributed by atoms with E-state index in [1.54, 1.807) is 19.0 Å². The Morgan fingerprint density at radius 3 is 2.25 bits per heavy atom. The molecule has 0 fully saturated rings. The number of benzene rings is 1. The molecule has 9 heteroatoms. The second-order valence-electron chi connectivity index (χ2n) is 5.11. The van der Waals surface area contributed by atoms with Crippen molar-refractivity contribution in [3.8, 4) is 0 Å². The zero-order valence-electron chi connectivity index (χ0n) is 13.8. The lowest BCUT2D eigenvalue weighted by Gasteiger charge is -2.24. The van der Waals surface area contributed by atoms with E-state index in [1.807, 2.05) is 30.3 Å². The molecule has 1 N–H and O–H groups in total. The van der Waals surface area contributed by atoms with Crippen LogP contribution < -0.4 is 5.32 Å². The number of amides is 1. The summed E-state index contributed by atoms with van der Waals surface area (Å²) in [6.07, 6.45) is -4.41. The topological polar surface area (TPSA) is 47.9 Å². The quantitative estimate of drug-likeness (QED) is 0.419. The number of alkyl halides is 3. The van der Waals surface area contributed by atoms with Crippen LogP contribution in [0.1, 0.15) is 5.56 Å². The largest absolute Gasteiger partial charge is 0.406 e. The third-order valence-corrected chi connectivity index (χ3v) is 3.08. The van der Waals surface area contributed by atoms with Crippen molar-refractivity contribution in [3.63, 3.8) is 0 Å². The summed E-state index contributed by atoms with van der Waals surface area (Å²) in [6, 6.07) is 9.63. The molecule has 1 aromatic carbocycles. The number of carbonyl (C=O) groups is 1. The van der Waals surface area contributed by atoms with E-state index in [1.165, 1.54) is 0 Å². The van der Waals surface area contributed by atoms with E-state index >= 15 is 0 Å². The van der Waals surface area contributed by atoms with Gasteiger partial charge in [-0.3, -0.25) is 9.79 Å². The summed E-state index contributed by atoms with van der Waals surface area (Å²) in [7, 11) is 4.45. The fraction of sp³-hybridized carbons (Fsp3) is 0.467. The Morgan fingerprint density at radius 1 is 1.17 bits per heavy atom. The molecule has 0 aliphatic rings. The number of nitrogens with one attached hydrogen (secondary N) is 1. The number of rotatable bonds is 5. The minimum absolute atomic E-state index is 0. The van der Waals surface area contributed by atoms with Crippen LogP contribution >= 0.6 is 24.0 Å². The summed E-state index contributed by atoms with van der Waals surface area (Å²) in [5, 5.41) is 2.77. The number of likely N-dealkylation sites (N-methyl/N-ethyl adjacent to an activating group) is 1. The van der Waals surface area contributed by atoms with Gasteiger partial charge in [0.1, 0.15) is 6.54 Å². The second kappa shape index (κ2) is 10.4. The molecule has 0 atom stereocenters. The molecule has 0 unspecified atom stereocenters. The maximum Gasteiger partial charge on any atom is 0.406 e. The molecule has 0 heterocycles. The molecule has 1 rings (SSSR count). The standard InChI is InChI=1S/C15H21F3N4O.HI/c1-19-14(21(2)10-12-7-5-4-6-8-12)20-9-13(23)22(3)11-15(16,17)18;/h4-8H,9-11H2,1-3H3,(H,19,20);1H. The Morgan fingerprint density at radius 2 is 1.75 bits per heavy atom. The summed E-state index contributed by atoms with van der Waals surface area (Å²) < 4.78 is 36.8. The lowest BCUT2D eigenvalue weighted by Crippen LogP contribution is -2.45. The lowest BCUT2D eigenvalue weighted by atomic mass is 10.2. The molecule has 0 radical (unpaired) electrons. The minimum atomic E-state index is -4.41. The summed E-state index contributed by atoms with van der Waals surface area (Å²) in [6.45, 7) is -0.961. The van der Waals surface area contributed by atoms with Crippen LogP contribution in [0.4, 0.5) is 13.2 Å². The molecular weight excluding hydrogens is 436 g/mol. The molecule has 0 aliphatic heterocycles. The van der Waals surface area contributed by atoms with Crippen molar-refractivity contribution in [1.82, 2.24) is 15.1 Å². The summed E-state index contributed by atoms with van der Waals surface area (Å²) in [5.41, 5.74) is 1.05. The first kappa shape index (κ1) is 22.5. The van der Waals surface area contributed by atoms with Gasteiger partial charge in [-0.1, -0.05) is 30.3 Å². The van der Waals surface area contributed by atoms with Crippen molar-refractivity contribution in [3.05, 3.63) is 35.9 Å². The Balaban J connectivity index is 0.00000529. The van der Waals surface area contributed by atoms with E-state index in [2.05, 4.69) is 10.3 Å². The van der Waals surface area contributed by atoms with Gasteiger partial charge in [0.2, 0.25) is 5.91 Å². The predicted molar refractivity (Wildman–Crippen MR) is 98.4 cm³/mol. The molecule has 0 aromatic heterocycles. The van der Waals surface area contributed by atoms with Crippen molar-refractivity contribution in [1.29, 1.82) is 0 Å². The van der Waals surface area contributed by atoms with Gasteiger partial charge in [-0.25, -0.2) is 0 Å². The number of hydrogen-bond acceptors (Lipinski definition) is 2. The SMILES string of the molecule is CN=C(NCC(=O)N(C)CC(F)(F)F)N(C)Cc1ccccc1.I. The van der Waals surface area contributed by atoms with Crippen LogP contribution in [0.3, 0.4) is 0 Å². The zero-order valence-corrected chi connectivity index (χ0v) is 16.1. The highest BCUT2D eigenvalue weighted by atomic mass is 127. The first-order valence-corrected chi connectivity index (χ1v) is 6.99. The number of hydrogen-bond donors (Lipinski definition) is 1. The first-order chi connectivity index (χ1) is 10.7. The van der Waals surface area contributed by atoms with Gasteiger partial charge >= 0.3 is 6.18 Å². The molecule has 0 aliphatic carbocycles. The molecular formula is C15H22F3IN4O. The van der Waals surface area contributed by atoms with Crippen LogP contribution in [0.15, 0.2) is 35.3 Å². The Bertz CT molecular complexity index is 537. The van der Waals surface area contributed by atoms with Gasteiger partial charge in [0.05, 0.1) is 6.54 Å². The van der Waals surface area contributed by atoms with Crippen LogP contribution in [0.2, 0.25) is 0 Å². The number of aliphatic imine (C=N–C) groups is 1. The van der Waals surface area contributed by atoms with E-state index in [-0.39, 0.29) is 30.5 Å². The Hall–Kier alpha value is -1.52. The molecule has 24 heavy (non-hydrogen) atoms. The highest BCUT2D eigenvalue weighted by Gasteiger charge is 2.31. The van der Waals surface area contributed by atoms with Crippen LogP contribution in [0, 0.1) is 0 Å². The van der Waals surface area contributed by atoms with Crippen LogP contribution in [0.5, 0.6) is 0 Å². The van der Waals surface area contributed by atoms with E-state index in [0.717, 1.165) is 12.6 Å². The van der Waals surface area contributed by atoms with Gasteiger partial charge in [0.25, 0.3) is 0 Å². The highest BCUT2D eigenvalue weighted by molar-refractivity contribution is 14.0. The maximum atomic E-state index is 12.3. The molecule has 0 bridgehead atoms. The van der Waals surface area contributed by atoms with Crippen molar-refractivity contribution in [2.24, 2.45) is 4.99 Å². The smallest absolute Gasteiger partial charge is 0.347 e. The van der Waals surface area contributed by atoms with E-state index < -0.39 is 18.6 Å². The molecule has 1 amide bonds. The van der Waals surface area contributed by atoms with Gasteiger partial charge in [-0.05, 0) is 5.56 Å². The third kappa shape index (κ3) is 8.37. The first-order valence-electron chi connectivity index (χ1n) is 6.99. The molecule has 136 valence electrons. The highest BCUT2D eigenvalue weighted by Crippen LogP contribution is 2.15. The van der Waals surface area contributed by atoms with E-state index in [9.17, 15) is 18.0 Å². The molecule has 1 aromatic rings. The Kier molecular flexibility index (Phi) is 9.71. The number of halogens is 4. The maximum absolute atomic E-state index is 12.3. The van der Waals surface area contributed by atoms with E-state index in [4.69, 9.17) is 0 Å². The average molecular weight is 458 g/mol. The van der Waals surface area contributed by atoms with Crippen molar-refractivity contribution in [2.45, 2.75) is 12.7 Å². The summed E-state index contributed by atoms with van der Waals surface area (Å²) in [5.74, 6) is -0.223. The van der Waals surface area contributed by atoms with Gasteiger partial charge < -0.3 is 15.1 Å². The molecule has 0 saturated heterocycles. The molecule has 0 saturated carbocycles. The zero-order chi connectivity index (χ0) is 17.5. The van der Waals surface area contributed by atoms with Crippen LogP contribution in [-0.2, 0) is 11.3 Å². The third-order valence-electron chi connectivity index (χ3n) is 3.08. The number of carbonyl (C=O) groups excluding carboxylic acids is 1. The van der Waals surface area contributed by atoms with Crippen molar-refractivity contribution >= 4 is 35.8 Å². The summed E-state index contributed by atoms with van der Waals surface area (Å²) in [4.78, 5) is 18.2. The number of nitrogens with zero attached hydrogens (tertiary/aromatic N) is 3. The van der Waals surface area contributed by atoms with Gasteiger partial charge in [0, 0.05) is 27.7 Å². The Labute approximate surface area is 156 Å². The monoisotopic (exact) mass is 458 g/mol. The van der Waals surface area contributed by atoms with Gasteiger partial charge in [0.15, 0.2) is 5.96 Å². The van der Waals surface area contributed by atoms with Gasteiger partial charge in [-0.2, -0.15) is 13.2 Å². The fourth-order valence-corrected chi connectivity index (χ4v) is 1.96. The normalized spacial score (nSPS) is 11.5. The van der Waals surface area contributed by atoms with Crippen LogP contribution in [-0.4, -0.2) is 62.1 Å². The van der Waals surface area contributed by atoms with Crippen LogP contribution in [0.25, 0.3) is 0 Å². The fourth-order valence-electron chi connectivity index (χ4n) is 1.96. The predicted octanol–water partition coefficient (Wildman–Crippen LogP) is 2.33. The van der Waals surface area contributed by atoms with Crippen molar-refractivity contribution < 1.29 is 18.0 Å². The number of guanidine groups is 1. The second-order valence-corrected chi connectivity index (χ2v) is 5.11. The average Bonchev–Trinajstić information content (AvgIpc) is 2.46. The molecule has 5 nitrogen and oxygen atoms in total. The minimum Gasteiger partial charge on any atom is -0.347 e.